The van der Waals surface area contributed by atoms with E-state index < -0.39 is 6.03 Å². The van der Waals surface area contributed by atoms with Crippen LogP contribution in [0.15, 0.2) is 24.3 Å². The molecule has 1 aliphatic heterocycles. The standard InChI is InChI=1S/C17H22N6O3/c1-11-8-15(18-6-7-23(2)3)21-16(19-11)22-17(24)20-12-4-5-13-14(9-12)26-10-25-13/h4-5,8-9H,6-7,10H2,1-3H3,(H3,18,19,20,21,22,24). The summed E-state index contributed by atoms with van der Waals surface area (Å²) in [5, 5.41) is 8.58. The highest BCUT2D eigenvalue weighted by molar-refractivity contribution is 5.98. The molecule has 2 amide bonds. The van der Waals surface area contributed by atoms with Crippen molar-refractivity contribution in [1.82, 2.24) is 14.9 Å². The van der Waals surface area contributed by atoms with Gasteiger partial charge in [0, 0.05) is 36.6 Å². The third kappa shape index (κ3) is 4.73. The maximum Gasteiger partial charge on any atom is 0.326 e. The van der Waals surface area contributed by atoms with Crippen LogP contribution in [0.25, 0.3) is 0 Å². The van der Waals surface area contributed by atoms with Crippen molar-refractivity contribution in [2.75, 3.05) is 49.9 Å². The molecule has 9 heteroatoms. The van der Waals surface area contributed by atoms with Gasteiger partial charge in [-0.1, -0.05) is 0 Å². The Morgan fingerprint density at radius 1 is 1.15 bits per heavy atom. The van der Waals surface area contributed by atoms with Crippen molar-refractivity contribution < 1.29 is 14.3 Å². The normalized spacial score (nSPS) is 12.2. The molecular weight excluding hydrogens is 336 g/mol. The number of aryl methyl sites for hydroxylation is 1. The Balaban J connectivity index is 1.60. The fourth-order valence-electron chi connectivity index (χ4n) is 2.36. The Morgan fingerprint density at radius 3 is 2.77 bits per heavy atom. The van der Waals surface area contributed by atoms with E-state index in [9.17, 15) is 4.79 Å². The van der Waals surface area contributed by atoms with E-state index in [1.165, 1.54) is 0 Å². The second-order valence-corrected chi connectivity index (χ2v) is 6.10. The maximum absolute atomic E-state index is 12.2. The number of carbonyl (C=O) groups excluding carboxylic acids is 1. The van der Waals surface area contributed by atoms with E-state index in [1.807, 2.05) is 27.1 Å². The predicted octanol–water partition coefficient (Wildman–Crippen LogP) is 2.13. The van der Waals surface area contributed by atoms with Gasteiger partial charge < -0.3 is 25.0 Å². The van der Waals surface area contributed by atoms with Crippen molar-refractivity contribution in [3.8, 4) is 11.5 Å². The number of nitrogens with zero attached hydrogens (tertiary/aromatic N) is 3. The minimum atomic E-state index is -0.436. The molecule has 26 heavy (non-hydrogen) atoms. The maximum atomic E-state index is 12.2. The molecule has 3 N–H and O–H groups in total. The van der Waals surface area contributed by atoms with Crippen LogP contribution in [0.4, 0.5) is 22.2 Å². The van der Waals surface area contributed by atoms with E-state index in [1.54, 1.807) is 18.2 Å². The van der Waals surface area contributed by atoms with Crippen LogP contribution < -0.4 is 25.4 Å². The second kappa shape index (κ2) is 7.87. The number of anilines is 3. The lowest BCUT2D eigenvalue weighted by Gasteiger charge is -2.12. The van der Waals surface area contributed by atoms with Crippen molar-refractivity contribution in [3.05, 3.63) is 30.0 Å². The van der Waals surface area contributed by atoms with Crippen LogP contribution in [0.3, 0.4) is 0 Å². The molecule has 138 valence electrons. The lowest BCUT2D eigenvalue weighted by molar-refractivity contribution is 0.174. The fourth-order valence-corrected chi connectivity index (χ4v) is 2.36. The Labute approximate surface area is 151 Å². The Hall–Kier alpha value is -3.07. The molecule has 0 unspecified atom stereocenters. The lowest BCUT2D eigenvalue weighted by atomic mass is 10.3. The minimum Gasteiger partial charge on any atom is -0.454 e. The van der Waals surface area contributed by atoms with Gasteiger partial charge in [-0.2, -0.15) is 4.98 Å². The van der Waals surface area contributed by atoms with Crippen LogP contribution in [0.1, 0.15) is 5.69 Å². The molecule has 0 spiro atoms. The van der Waals surface area contributed by atoms with Gasteiger partial charge in [0.1, 0.15) is 5.82 Å². The van der Waals surface area contributed by atoms with Crippen molar-refractivity contribution in [3.63, 3.8) is 0 Å². The molecule has 3 rings (SSSR count). The van der Waals surface area contributed by atoms with E-state index in [2.05, 4.69) is 30.8 Å². The highest BCUT2D eigenvalue weighted by atomic mass is 16.7. The van der Waals surface area contributed by atoms with Crippen LogP contribution >= 0.6 is 0 Å². The van der Waals surface area contributed by atoms with Crippen LogP contribution in [0, 0.1) is 6.92 Å². The van der Waals surface area contributed by atoms with Gasteiger partial charge in [0.25, 0.3) is 0 Å². The van der Waals surface area contributed by atoms with Gasteiger partial charge in [0.2, 0.25) is 12.7 Å². The number of amides is 2. The molecule has 2 aromatic rings. The smallest absolute Gasteiger partial charge is 0.326 e. The Bertz CT molecular complexity index is 796. The van der Waals surface area contributed by atoms with Gasteiger partial charge in [-0.05, 0) is 33.2 Å². The number of hydrogen-bond acceptors (Lipinski definition) is 7. The van der Waals surface area contributed by atoms with Crippen LogP contribution in [0.2, 0.25) is 0 Å². The largest absolute Gasteiger partial charge is 0.454 e. The SMILES string of the molecule is Cc1cc(NCCN(C)C)nc(NC(=O)Nc2ccc3c(c2)OCO3)n1. The molecule has 1 aromatic carbocycles. The summed E-state index contributed by atoms with van der Waals surface area (Å²) in [5.74, 6) is 2.15. The van der Waals surface area contributed by atoms with E-state index in [0.29, 0.717) is 23.0 Å². The summed E-state index contributed by atoms with van der Waals surface area (Å²) < 4.78 is 10.5. The average Bonchev–Trinajstić information content (AvgIpc) is 3.01. The average molecular weight is 358 g/mol. The quantitative estimate of drug-likeness (QED) is 0.727. The zero-order chi connectivity index (χ0) is 18.5. The molecule has 0 saturated heterocycles. The van der Waals surface area contributed by atoms with Crippen molar-refractivity contribution in [2.45, 2.75) is 6.92 Å². The fraction of sp³-hybridized carbons (Fsp3) is 0.353. The number of carbonyl (C=O) groups is 1. The molecule has 0 atom stereocenters. The minimum absolute atomic E-state index is 0.186. The number of nitrogens with one attached hydrogen (secondary N) is 3. The first-order valence-corrected chi connectivity index (χ1v) is 8.21. The second-order valence-electron chi connectivity index (χ2n) is 6.10. The van der Waals surface area contributed by atoms with Gasteiger partial charge in [-0.25, -0.2) is 9.78 Å². The number of likely N-dealkylation sites (N-methyl/N-ethyl adjacent to an activating group) is 1. The number of benzene rings is 1. The zero-order valence-corrected chi connectivity index (χ0v) is 15.0. The van der Waals surface area contributed by atoms with Gasteiger partial charge in [-0.15, -0.1) is 0 Å². The van der Waals surface area contributed by atoms with E-state index >= 15 is 0 Å². The molecule has 0 bridgehead atoms. The molecule has 0 saturated carbocycles. The first-order valence-electron chi connectivity index (χ1n) is 8.21. The van der Waals surface area contributed by atoms with Gasteiger partial charge in [0.05, 0.1) is 0 Å². The summed E-state index contributed by atoms with van der Waals surface area (Å²) in [6.07, 6.45) is 0. The van der Waals surface area contributed by atoms with E-state index in [0.717, 1.165) is 18.8 Å². The predicted molar refractivity (Wildman–Crippen MR) is 99.0 cm³/mol. The highest BCUT2D eigenvalue weighted by Gasteiger charge is 2.14. The molecule has 9 nitrogen and oxygen atoms in total. The Kier molecular flexibility index (Phi) is 5.37. The molecule has 0 aliphatic carbocycles. The molecule has 0 radical (unpaired) electrons. The number of aromatic nitrogens is 2. The summed E-state index contributed by atoms with van der Waals surface area (Å²) in [7, 11) is 4.00. The molecule has 1 aliphatic rings. The number of hydrogen-bond donors (Lipinski definition) is 3. The summed E-state index contributed by atoms with van der Waals surface area (Å²) in [6, 6.07) is 6.57. The topological polar surface area (TPSA) is 101 Å². The van der Waals surface area contributed by atoms with Crippen molar-refractivity contribution in [1.29, 1.82) is 0 Å². The molecule has 2 heterocycles. The first-order chi connectivity index (χ1) is 12.5. The van der Waals surface area contributed by atoms with Gasteiger partial charge >= 0.3 is 6.03 Å². The van der Waals surface area contributed by atoms with Crippen LogP contribution in [-0.4, -0.2) is 54.9 Å². The number of fused-ring (bicyclic) bond motifs is 1. The zero-order valence-electron chi connectivity index (χ0n) is 15.0. The summed E-state index contributed by atoms with van der Waals surface area (Å²) in [5.41, 5.74) is 1.34. The summed E-state index contributed by atoms with van der Waals surface area (Å²) in [6.45, 7) is 3.65. The van der Waals surface area contributed by atoms with Gasteiger partial charge in [-0.3, -0.25) is 5.32 Å². The van der Waals surface area contributed by atoms with Crippen LogP contribution in [0.5, 0.6) is 11.5 Å². The van der Waals surface area contributed by atoms with Gasteiger partial charge in [0.15, 0.2) is 11.5 Å². The number of rotatable bonds is 6. The number of urea groups is 1. The molecular formula is C17H22N6O3. The molecule has 1 aromatic heterocycles. The third-order valence-electron chi connectivity index (χ3n) is 3.58. The molecule has 0 fully saturated rings. The third-order valence-corrected chi connectivity index (χ3v) is 3.58. The van der Waals surface area contributed by atoms with Crippen molar-refractivity contribution >= 4 is 23.5 Å². The Morgan fingerprint density at radius 2 is 1.96 bits per heavy atom. The summed E-state index contributed by atoms with van der Waals surface area (Å²) >= 11 is 0. The number of ether oxygens (including phenoxy) is 2. The first kappa shape index (κ1) is 17.7. The van der Waals surface area contributed by atoms with E-state index in [-0.39, 0.29) is 12.7 Å². The monoisotopic (exact) mass is 358 g/mol. The van der Waals surface area contributed by atoms with Crippen LogP contribution in [-0.2, 0) is 0 Å². The van der Waals surface area contributed by atoms with E-state index in [4.69, 9.17) is 9.47 Å². The highest BCUT2D eigenvalue weighted by Crippen LogP contribution is 2.34. The summed E-state index contributed by atoms with van der Waals surface area (Å²) in [4.78, 5) is 22.8. The van der Waals surface area contributed by atoms with Crippen molar-refractivity contribution in [2.24, 2.45) is 0 Å². The lowest BCUT2D eigenvalue weighted by Crippen LogP contribution is -2.23.